The number of anilines is 1. The molecule has 0 aliphatic carbocycles. The van der Waals surface area contributed by atoms with Crippen molar-refractivity contribution >= 4 is 19.3 Å². The summed E-state index contributed by atoms with van der Waals surface area (Å²) in [5.41, 5.74) is -2.17. The van der Waals surface area contributed by atoms with E-state index in [1.807, 2.05) is 6.07 Å². The number of halogens is 3. The minimum atomic E-state index is -5.04. The molecule has 0 aromatic heterocycles. The van der Waals surface area contributed by atoms with Crippen molar-refractivity contribution in [3.8, 4) is 6.07 Å². The molecule has 180 valence electrons. The van der Waals surface area contributed by atoms with Gasteiger partial charge in [0.15, 0.2) is 0 Å². The van der Waals surface area contributed by atoms with Crippen LogP contribution in [0.1, 0.15) is 43.9 Å². The van der Waals surface area contributed by atoms with E-state index in [4.69, 9.17) is 5.26 Å². The highest BCUT2D eigenvalue weighted by Crippen LogP contribution is 2.61. The van der Waals surface area contributed by atoms with Crippen molar-refractivity contribution < 1.29 is 32.3 Å². The summed E-state index contributed by atoms with van der Waals surface area (Å²) in [6, 6.07) is 11.3. The fraction of sp³-hybridized carbons (Fsp3) is 0.304. The molecule has 1 unspecified atom stereocenters. The normalized spacial score (nSPS) is 19.4. The van der Waals surface area contributed by atoms with E-state index in [1.54, 1.807) is 13.8 Å². The minimum absolute atomic E-state index is 0.0128. The van der Waals surface area contributed by atoms with Crippen LogP contribution >= 0.6 is 7.60 Å². The van der Waals surface area contributed by atoms with Gasteiger partial charge in [0.2, 0.25) is 0 Å². The Bertz CT molecular complexity index is 1230. The third kappa shape index (κ3) is 4.11. The van der Waals surface area contributed by atoms with Gasteiger partial charge in [-0.3, -0.25) is 9.46 Å². The van der Waals surface area contributed by atoms with Crippen LogP contribution in [0.5, 0.6) is 0 Å². The summed E-state index contributed by atoms with van der Waals surface area (Å²) in [6.07, 6.45) is -4.59. The summed E-state index contributed by atoms with van der Waals surface area (Å²) in [7, 11) is -5.04. The van der Waals surface area contributed by atoms with E-state index < -0.39 is 30.9 Å². The zero-order valence-electron chi connectivity index (χ0n) is 18.7. The molecule has 1 aliphatic rings. The van der Waals surface area contributed by atoms with Gasteiger partial charge in [0.25, 0.3) is 0 Å². The zero-order chi connectivity index (χ0) is 25.5. The summed E-state index contributed by atoms with van der Waals surface area (Å²) in [5, 5.41) is 8.75. The maximum atomic E-state index is 13.7. The first kappa shape index (κ1) is 25.5. The molecule has 2 aromatic rings. The molecular weight excluding hydrogens is 470 g/mol. The lowest BCUT2D eigenvalue weighted by atomic mass is 9.82. The first-order chi connectivity index (χ1) is 15.8. The van der Waals surface area contributed by atoms with Crippen molar-refractivity contribution in [2.45, 2.75) is 38.9 Å². The summed E-state index contributed by atoms with van der Waals surface area (Å²) in [5.74, 6) is 0. The van der Waals surface area contributed by atoms with E-state index in [-0.39, 0.29) is 29.7 Å². The molecule has 2 aromatic carbocycles. The number of hydrogen-bond donors (Lipinski definition) is 2. The SMILES string of the molecule is CCN1C(=O)N(c2cccc(C(F)(F)F)c2)C(C)=C(P(=O)(O)O)C1(CC)c1ccc(C#N)cc1. The number of carbonyl (C=O) groups is 1. The molecule has 11 heteroatoms. The Kier molecular flexibility index (Phi) is 6.68. The molecule has 0 radical (unpaired) electrons. The van der Waals surface area contributed by atoms with Crippen LogP contribution in [0.2, 0.25) is 0 Å². The van der Waals surface area contributed by atoms with Gasteiger partial charge in [0.05, 0.1) is 28.2 Å². The fourth-order valence-electron chi connectivity index (χ4n) is 4.62. The summed E-state index contributed by atoms with van der Waals surface area (Å²) >= 11 is 0. The minimum Gasteiger partial charge on any atom is -0.321 e. The molecule has 1 atom stereocenters. The molecule has 0 saturated heterocycles. The van der Waals surface area contributed by atoms with Crippen LogP contribution in [0, 0.1) is 11.3 Å². The van der Waals surface area contributed by atoms with Crippen LogP contribution in [-0.4, -0.2) is 27.3 Å². The number of likely N-dealkylation sites (N-methyl/N-ethyl adjacent to an activating group) is 1. The predicted molar refractivity (Wildman–Crippen MR) is 120 cm³/mol. The largest absolute Gasteiger partial charge is 0.416 e. The fourth-order valence-corrected chi connectivity index (χ4v) is 6.03. The molecule has 2 amide bonds. The molecule has 7 nitrogen and oxygen atoms in total. The molecule has 1 heterocycles. The van der Waals surface area contributed by atoms with Gasteiger partial charge in [-0.2, -0.15) is 18.4 Å². The van der Waals surface area contributed by atoms with Gasteiger partial charge >= 0.3 is 19.8 Å². The van der Waals surface area contributed by atoms with E-state index in [9.17, 15) is 32.3 Å². The molecule has 34 heavy (non-hydrogen) atoms. The first-order valence-corrected chi connectivity index (χ1v) is 12.0. The second-order valence-corrected chi connectivity index (χ2v) is 9.33. The number of rotatable bonds is 5. The number of nitriles is 1. The highest BCUT2D eigenvalue weighted by Gasteiger charge is 2.55. The second kappa shape index (κ2) is 8.91. The Morgan fingerprint density at radius 2 is 1.74 bits per heavy atom. The van der Waals surface area contributed by atoms with E-state index in [0.29, 0.717) is 11.1 Å². The Morgan fingerprint density at radius 3 is 2.21 bits per heavy atom. The molecule has 0 fully saturated rings. The highest BCUT2D eigenvalue weighted by molar-refractivity contribution is 7.56. The van der Waals surface area contributed by atoms with Gasteiger partial charge in [-0.1, -0.05) is 25.1 Å². The second-order valence-electron chi connectivity index (χ2n) is 7.79. The number of allylic oxidation sites excluding steroid dienone is 1. The van der Waals surface area contributed by atoms with E-state index >= 15 is 0 Å². The number of urea groups is 1. The van der Waals surface area contributed by atoms with E-state index in [0.717, 1.165) is 23.1 Å². The summed E-state index contributed by atoms with van der Waals surface area (Å²) in [6.45, 7) is 4.61. The van der Waals surface area contributed by atoms with Crippen LogP contribution in [0.15, 0.2) is 59.5 Å². The van der Waals surface area contributed by atoms with Gasteiger partial charge in [-0.15, -0.1) is 0 Å². The lowest BCUT2D eigenvalue weighted by Gasteiger charge is -2.51. The number of carbonyl (C=O) groups excluding carboxylic acids is 1. The van der Waals surface area contributed by atoms with Crippen molar-refractivity contribution in [2.24, 2.45) is 0 Å². The molecular formula is C23H23F3N3O4P. The van der Waals surface area contributed by atoms with Gasteiger partial charge in [0, 0.05) is 12.2 Å². The maximum Gasteiger partial charge on any atom is 0.416 e. The van der Waals surface area contributed by atoms with Crippen LogP contribution in [0.3, 0.4) is 0 Å². The van der Waals surface area contributed by atoms with Crippen molar-refractivity contribution in [3.05, 3.63) is 76.2 Å². The maximum absolute atomic E-state index is 13.7. The Morgan fingerprint density at radius 1 is 1.12 bits per heavy atom. The average Bonchev–Trinajstić information content (AvgIpc) is 2.77. The number of benzene rings is 2. The Labute approximate surface area is 194 Å². The van der Waals surface area contributed by atoms with Crippen molar-refractivity contribution in [1.82, 2.24) is 4.90 Å². The number of nitrogens with zero attached hydrogens (tertiary/aromatic N) is 3. The van der Waals surface area contributed by atoms with E-state index in [2.05, 4.69) is 0 Å². The van der Waals surface area contributed by atoms with Crippen molar-refractivity contribution in [2.75, 3.05) is 11.4 Å². The smallest absolute Gasteiger partial charge is 0.321 e. The topological polar surface area (TPSA) is 105 Å². The van der Waals surface area contributed by atoms with Gasteiger partial charge in [-0.25, -0.2) is 4.79 Å². The quantitative estimate of drug-likeness (QED) is 0.531. The first-order valence-electron chi connectivity index (χ1n) is 10.4. The monoisotopic (exact) mass is 493 g/mol. The van der Waals surface area contributed by atoms with E-state index in [1.165, 1.54) is 42.2 Å². The Hall–Kier alpha value is -3.12. The zero-order valence-corrected chi connectivity index (χ0v) is 19.6. The lowest BCUT2D eigenvalue weighted by molar-refractivity contribution is -0.137. The summed E-state index contributed by atoms with van der Waals surface area (Å²) in [4.78, 5) is 36.7. The molecule has 0 saturated carbocycles. The van der Waals surface area contributed by atoms with Gasteiger partial charge in [0.1, 0.15) is 5.54 Å². The lowest BCUT2D eigenvalue weighted by Crippen LogP contribution is -2.59. The third-order valence-electron chi connectivity index (χ3n) is 6.00. The molecule has 1 aliphatic heterocycles. The number of amides is 2. The highest BCUT2D eigenvalue weighted by atomic mass is 31.2. The molecule has 0 bridgehead atoms. The van der Waals surface area contributed by atoms with Crippen LogP contribution in [0.25, 0.3) is 0 Å². The third-order valence-corrected chi connectivity index (χ3v) is 7.27. The molecule has 0 spiro atoms. The number of alkyl halides is 3. The van der Waals surface area contributed by atoms with Gasteiger partial charge < -0.3 is 14.7 Å². The van der Waals surface area contributed by atoms with Crippen molar-refractivity contribution in [1.29, 1.82) is 5.26 Å². The standard InChI is InChI=1S/C23H23F3N3O4P/c1-4-22(17-11-9-16(14-27)10-12-17)20(34(31,32)33)15(3)29(21(30)28(22)5-2)19-8-6-7-18(13-19)23(24,25)26/h6-13H,4-5H2,1-3H3,(H2,31,32,33). The molecule has 3 rings (SSSR count). The van der Waals surface area contributed by atoms with Crippen LogP contribution in [-0.2, 0) is 16.3 Å². The van der Waals surface area contributed by atoms with Gasteiger partial charge in [-0.05, 0) is 56.2 Å². The predicted octanol–water partition coefficient (Wildman–Crippen LogP) is 5.55. The van der Waals surface area contributed by atoms with Crippen molar-refractivity contribution in [3.63, 3.8) is 0 Å². The van der Waals surface area contributed by atoms with Crippen LogP contribution in [0.4, 0.5) is 23.7 Å². The van der Waals surface area contributed by atoms with Crippen LogP contribution < -0.4 is 4.90 Å². The number of hydrogen-bond acceptors (Lipinski definition) is 3. The Balaban J connectivity index is 2.38. The average molecular weight is 493 g/mol. The summed E-state index contributed by atoms with van der Waals surface area (Å²) < 4.78 is 52.9. The molecule has 2 N–H and O–H groups in total.